The van der Waals surface area contributed by atoms with Crippen molar-refractivity contribution < 1.29 is 0 Å². The van der Waals surface area contributed by atoms with E-state index < -0.39 is 0 Å². The first kappa shape index (κ1) is 13.2. The van der Waals surface area contributed by atoms with Gasteiger partial charge in [-0.3, -0.25) is 0 Å². The predicted molar refractivity (Wildman–Crippen MR) is 81.3 cm³/mol. The van der Waals surface area contributed by atoms with Crippen LogP contribution < -0.4 is 5.32 Å². The Morgan fingerprint density at radius 2 is 2.11 bits per heavy atom. The Morgan fingerprint density at radius 3 is 2.84 bits per heavy atom. The first-order chi connectivity index (χ1) is 9.21. The van der Waals surface area contributed by atoms with E-state index in [1.807, 2.05) is 0 Å². The Labute approximate surface area is 117 Å². The molecule has 2 aliphatic carbocycles. The van der Waals surface area contributed by atoms with Crippen LogP contribution in [0.1, 0.15) is 56.2 Å². The monoisotopic (exact) mass is 257 g/mol. The third-order valence-corrected chi connectivity index (χ3v) is 5.28. The summed E-state index contributed by atoms with van der Waals surface area (Å²) in [5, 5.41) is 3.67. The van der Waals surface area contributed by atoms with Crippen LogP contribution in [0.3, 0.4) is 0 Å². The van der Waals surface area contributed by atoms with E-state index >= 15 is 0 Å². The van der Waals surface area contributed by atoms with E-state index in [1.54, 1.807) is 11.1 Å². The molecule has 0 spiro atoms. The molecule has 1 aromatic rings. The van der Waals surface area contributed by atoms with Crippen molar-refractivity contribution in [1.82, 2.24) is 5.32 Å². The van der Waals surface area contributed by atoms with Gasteiger partial charge in [-0.2, -0.15) is 0 Å². The van der Waals surface area contributed by atoms with Gasteiger partial charge in [0, 0.05) is 13.1 Å². The van der Waals surface area contributed by atoms with Gasteiger partial charge in [-0.05, 0) is 66.5 Å². The maximum atomic E-state index is 3.67. The lowest BCUT2D eigenvalue weighted by Crippen LogP contribution is -2.23. The van der Waals surface area contributed by atoms with Gasteiger partial charge in [0.2, 0.25) is 0 Å². The summed E-state index contributed by atoms with van der Waals surface area (Å²) in [7, 11) is 0. The minimum atomic E-state index is 0.656. The van der Waals surface area contributed by atoms with Crippen molar-refractivity contribution in [2.24, 2.45) is 11.3 Å². The number of fused-ring (bicyclic) bond motifs is 1. The molecule has 1 atom stereocenters. The molecular weight excluding hydrogens is 230 g/mol. The van der Waals surface area contributed by atoms with Crippen LogP contribution in [0, 0.1) is 11.3 Å². The van der Waals surface area contributed by atoms with Crippen LogP contribution in [0.5, 0.6) is 0 Å². The zero-order chi connectivity index (χ0) is 13.3. The largest absolute Gasteiger partial charge is 0.312 e. The standard InChI is InChI=1S/C18H27N/c1-3-18(8-9-18)13-19-12-15-5-7-16-10-14(2)4-6-17(16)11-15/h5,7,11,14,19H,3-4,6,8-10,12-13H2,1-2H3/t14-/m0/s1. The topological polar surface area (TPSA) is 12.0 Å². The first-order valence-corrected chi connectivity index (χ1v) is 8.02. The third-order valence-electron chi connectivity index (χ3n) is 5.28. The molecule has 19 heavy (non-hydrogen) atoms. The fourth-order valence-electron chi connectivity index (χ4n) is 3.40. The molecule has 0 radical (unpaired) electrons. The molecule has 0 saturated heterocycles. The molecule has 1 nitrogen and oxygen atoms in total. The summed E-state index contributed by atoms with van der Waals surface area (Å²) in [6.45, 7) is 6.95. The highest BCUT2D eigenvalue weighted by Gasteiger charge is 2.39. The zero-order valence-corrected chi connectivity index (χ0v) is 12.5. The number of nitrogens with one attached hydrogen (secondary N) is 1. The van der Waals surface area contributed by atoms with E-state index in [-0.39, 0.29) is 0 Å². The average molecular weight is 257 g/mol. The molecule has 1 saturated carbocycles. The van der Waals surface area contributed by atoms with Gasteiger partial charge in [0.15, 0.2) is 0 Å². The lowest BCUT2D eigenvalue weighted by atomic mass is 9.84. The minimum Gasteiger partial charge on any atom is -0.312 e. The number of aryl methyl sites for hydroxylation is 1. The van der Waals surface area contributed by atoms with E-state index in [0.29, 0.717) is 5.41 Å². The molecule has 1 aromatic carbocycles. The van der Waals surface area contributed by atoms with Gasteiger partial charge in [0.25, 0.3) is 0 Å². The Balaban J connectivity index is 1.57. The Bertz CT molecular complexity index is 445. The van der Waals surface area contributed by atoms with Crippen LogP contribution in [0.25, 0.3) is 0 Å². The normalized spacial score (nSPS) is 24.0. The highest BCUT2D eigenvalue weighted by Crippen LogP contribution is 2.47. The molecule has 0 aliphatic heterocycles. The van der Waals surface area contributed by atoms with Crippen LogP contribution in [0.2, 0.25) is 0 Å². The maximum Gasteiger partial charge on any atom is 0.0205 e. The van der Waals surface area contributed by atoms with Crippen LogP contribution in [-0.4, -0.2) is 6.54 Å². The first-order valence-electron chi connectivity index (χ1n) is 8.02. The van der Waals surface area contributed by atoms with Gasteiger partial charge in [-0.15, -0.1) is 0 Å². The van der Waals surface area contributed by atoms with Gasteiger partial charge in [0.1, 0.15) is 0 Å². The van der Waals surface area contributed by atoms with Crippen molar-refractivity contribution in [3.8, 4) is 0 Å². The van der Waals surface area contributed by atoms with E-state index in [0.717, 1.165) is 12.5 Å². The van der Waals surface area contributed by atoms with Crippen molar-refractivity contribution in [2.45, 2.75) is 58.9 Å². The van der Waals surface area contributed by atoms with Crippen LogP contribution in [0.4, 0.5) is 0 Å². The van der Waals surface area contributed by atoms with Crippen LogP contribution in [-0.2, 0) is 19.4 Å². The summed E-state index contributed by atoms with van der Waals surface area (Å²) >= 11 is 0. The molecule has 2 aliphatic rings. The Hall–Kier alpha value is -0.820. The summed E-state index contributed by atoms with van der Waals surface area (Å²) in [4.78, 5) is 0. The summed E-state index contributed by atoms with van der Waals surface area (Å²) in [6, 6.07) is 7.14. The summed E-state index contributed by atoms with van der Waals surface area (Å²) < 4.78 is 0. The molecule has 0 bridgehead atoms. The molecule has 1 heteroatoms. The van der Waals surface area contributed by atoms with E-state index in [2.05, 4.69) is 37.4 Å². The van der Waals surface area contributed by atoms with Crippen LogP contribution >= 0.6 is 0 Å². The van der Waals surface area contributed by atoms with Gasteiger partial charge in [0.05, 0.1) is 0 Å². The van der Waals surface area contributed by atoms with Crippen LogP contribution in [0.15, 0.2) is 18.2 Å². The third kappa shape index (κ3) is 3.02. The fraction of sp³-hybridized carbons (Fsp3) is 0.667. The fourth-order valence-corrected chi connectivity index (χ4v) is 3.40. The number of benzene rings is 1. The van der Waals surface area contributed by atoms with Crippen molar-refractivity contribution in [1.29, 1.82) is 0 Å². The number of rotatable bonds is 5. The second-order valence-corrected chi connectivity index (χ2v) is 6.91. The molecular formula is C18H27N. The minimum absolute atomic E-state index is 0.656. The smallest absolute Gasteiger partial charge is 0.0205 e. The van der Waals surface area contributed by atoms with Gasteiger partial charge >= 0.3 is 0 Å². The van der Waals surface area contributed by atoms with E-state index in [1.165, 1.54) is 50.6 Å². The average Bonchev–Trinajstić information content (AvgIpc) is 3.19. The molecule has 1 N–H and O–H groups in total. The Morgan fingerprint density at radius 1 is 1.26 bits per heavy atom. The summed E-state index contributed by atoms with van der Waals surface area (Å²) in [5.41, 5.74) is 5.33. The quantitative estimate of drug-likeness (QED) is 0.837. The van der Waals surface area contributed by atoms with Gasteiger partial charge in [-0.25, -0.2) is 0 Å². The second-order valence-electron chi connectivity index (χ2n) is 6.91. The van der Waals surface area contributed by atoms with Crippen molar-refractivity contribution in [3.05, 3.63) is 34.9 Å². The van der Waals surface area contributed by atoms with E-state index in [9.17, 15) is 0 Å². The molecule has 0 amide bonds. The molecule has 3 rings (SSSR count). The van der Waals surface area contributed by atoms with Crippen molar-refractivity contribution in [3.63, 3.8) is 0 Å². The highest BCUT2D eigenvalue weighted by molar-refractivity contribution is 5.34. The molecule has 0 aromatic heterocycles. The highest BCUT2D eigenvalue weighted by atomic mass is 14.9. The lowest BCUT2D eigenvalue weighted by molar-refractivity contribution is 0.443. The Kier molecular flexibility index (Phi) is 3.66. The molecule has 1 fully saturated rings. The molecule has 0 unspecified atom stereocenters. The SMILES string of the molecule is CCC1(CNCc2ccc3c(c2)CC[C@H](C)C3)CC1. The number of hydrogen-bond acceptors (Lipinski definition) is 1. The second kappa shape index (κ2) is 5.28. The molecule has 104 valence electrons. The maximum absolute atomic E-state index is 3.67. The number of hydrogen-bond donors (Lipinski definition) is 1. The summed E-state index contributed by atoms with van der Waals surface area (Å²) in [6.07, 6.45) is 8.12. The van der Waals surface area contributed by atoms with E-state index in [4.69, 9.17) is 0 Å². The van der Waals surface area contributed by atoms with Crippen molar-refractivity contribution in [2.75, 3.05) is 6.54 Å². The van der Waals surface area contributed by atoms with Gasteiger partial charge < -0.3 is 5.32 Å². The van der Waals surface area contributed by atoms with Gasteiger partial charge in [-0.1, -0.05) is 32.0 Å². The van der Waals surface area contributed by atoms with Crippen molar-refractivity contribution >= 4 is 0 Å². The molecule has 0 heterocycles. The zero-order valence-electron chi connectivity index (χ0n) is 12.5. The lowest BCUT2D eigenvalue weighted by Gasteiger charge is -2.22. The summed E-state index contributed by atoms with van der Waals surface area (Å²) in [5.74, 6) is 0.871. The predicted octanol–water partition coefficient (Wildman–Crippen LogP) is 4.09.